The van der Waals surface area contributed by atoms with E-state index >= 15 is 0 Å². The lowest BCUT2D eigenvalue weighted by Gasteiger charge is -2.32. The summed E-state index contributed by atoms with van der Waals surface area (Å²) in [6, 6.07) is 26.4. The molecule has 0 bridgehead atoms. The molecule has 3 aromatic heterocycles. The molecule has 48 heavy (non-hydrogen) atoms. The molecule has 1 saturated heterocycles. The first kappa shape index (κ1) is 31.3. The van der Waals surface area contributed by atoms with Crippen LogP contribution in [0, 0.1) is 0 Å². The third-order valence-corrected chi connectivity index (χ3v) is 8.92. The van der Waals surface area contributed by atoms with E-state index in [0.29, 0.717) is 29.6 Å². The SMILES string of the molecule is CN1CCN(CCCOc2cccc(Nc3nccc(-c4c(-c5cccc(NC(=O)Nc6ccccc6)c5)nc5sccn45)n3)c2)CC1. The third-order valence-electron chi connectivity index (χ3n) is 8.16. The number of nitrogens with zero attached hydrogens (tertiary/aromatic N) is 6. The van der Waals surface area contributed by atoms with Crippen LogP contribution in [-0.4, -0.2) is 81.6 Å². The second kappa shape index (κ2) is 14.6. The van der Waals surface area contributed by atoms with Crippen molar-refractivity contribution < 1.29 is 9.53 Å². The largest absolute Gasteiger partial charge is 0.493 e. The van der Waals surface area contributed by atoms with Gasteiger partial charge in [-0.05, 0) is 55.9 Å². The molecule has 6 aromatic rings. The normalized spacial score (nSPS) is 13.8. The number of fused-ring (bicyclic) bond motifs is 1. The van der Waals surface area contributed by atoms with Crippen molar-refractivity contribution in [3.8, 4) is 28.4 Å². The molecule has 7 rings (SSSR count). The number of amides is 2. The monoisotopic (exact) mass is 659 g/mol. The number of aromatic nitrogens is 4. The minimum absolute atomic E-state index is 0.323. The maximum absolute atomic E-state index is 12.7. The third kappa shape index (κ3) is 7.63. The number of ether oxygens (including phenoxy) is 1. The van der Waals surface area contributed by atoms with E-state index in [4.69, 9.17) is 14.7 Å². The molecule has 0 saturated carbocycles. The van der Waals surface area contributed by atoms with Crippen LogP contribution < -0.4 is 20.7 Å². The van der Waals surface area contributed by atoms with E-state index in [1.165, 1.54) is 0 Å². The van der Waals surface area contributed by atoms with Gasteiger partial charge in [-0.1, -0.05) is 36.4 Å². The number of urea groups is 1. The Bertz CT molecular complexity index is 1990. The van der Waals surface area contributed by atoms with Gasteiger partial charge in [0.25, 0.3) is 0 Å². The van der Waals surface area contributed by atoms with Gasteiger partial charge >= 0.3 is 6.03 Å². The Labute approximate surface area is 283 Å². The fourth-order valence-electron chi connectivity index (χ4n) is 5.68. The Morgan fingerprint density at radius 2 is 1.67 bits per heavy atom. The van der Waals surface area contributed by atoms with E-state index in [0.717, 1.165) is 72.5 Å². The highest BCUT2D eigenvalue weighted by Gasteiger charge is 2.19. The molecule has 12 heteroatoms. The van der Waals surface area contributed by atoms with Crippen molar-refractivity contribution in [3.63, 3.8) is 0 Å². The summed E-state index contributed by atoms with van der Waals surface area (Å²) in [7, 11) is 2.18. The number of hydrogen-bond acceptors (Lipinski definition) is 9. The standard InChI is InChI=1S/C36H37N9O2S/c1-43-17-19-44(20-18-43)16-7-22-47-30-13-6-12-29(25-30)38-34-37-15-14-31(41-34)33-32(42-36-45(33)21-23-48-36)26-8-5-11-28(24-26)40-35(46)39-27-9-3-2-4-10-27/h2-6,8-15,21,23-25H,7,16-20,22H2,1H3,(H,37,38,41)(H2,39,40,46). The summed E-state index contributed by atoms with van der Waals surface area (Å²) in [6.45, 7) is 6.19. The molecule has 1 aliphatic heterocycles. The number of carbonyl (C=O) groups is 1. The summed E-state index contributed by atoms with van der Waals surface area (Å²) in [5.41, 5.74) is 5.35. The van der Waals surface area contributed by atoms with Crippen molar-refractivity contribution in [1.29, 1.82) is 0 Å². The lowest BCUT2D eigenvalue weighted by atomic mass is 10.1. The van der Waals surface area contributed by atoms with Crippen molar-refractivity contribution >= 4 is 45.3 Å². The van der Waals surface area contributed by atoms with Gasteiger partial charge in [-0.25, -0.2) is 19.7 Å². The summed E-state index contributed by atoms with van der Waals surface area (Å²) in [6.07, 6.45) is 4.71. The number of thiazole rings is 1. The molecule has 0 unspecified atom stereocenters. The predicted octanol–water partition coefficient (Wildman–Crippen LogP) is 6.92. The van der Waals surface area contributed by atoms with Crippen LogP contribution in [0.15, 0.2) is 103 Å². The van der Waals surface area contributed by atoms with Crippen LogP contribution in [0.1, 0.15) is 6.42 Å². The van der Waals surface area contributed by atoms with Crippen LogP contribution >= 0.6 is 11.3 Å². The lowest BCUT2D eigenvalue weighted by Crippen LogP contribution is -2.44. The Morgan fingerprint density at radius 1 is 0.875 bits per heavy atom. The molecule has 1 aliphatic rings. The fourth-order valence-corrected chi connectivity index (χ4v) is 6.40. The van der Waals surface area contributed by atoms with Crippen molar-refractivity contribution in [3.05, 3.63) is 103 Å². The van der Waals surface area contributed by atoms with Gasteiger partial charge in [0.15, 0.2) is 4.96 Å². The zero-order valence-electron chi connectivity index (χ0n) is 26.7. The second-order valence-corrected chi connectivity index (χ2v) is 12.5. The minimum atomic E-state index is -0.323. The van der Waals surface area contributed by atoms with Gasteiger partial charge in [0.2, 0.25) is 5.95 Å². The highest BCUT2D eigenvalue weighted by Crippen LogP contribution is 2.35. The van der Waals surface area contributed by atoms with Crippen LogP contribution in [0.4, 0.5) is 27.8 Å². The van der Waals surface area contributed by atoms with Crippen LogP contribution in [0.5, 0.6) is 5.75 Å². The first-order valence-electron chi connectivity index (χ1n) is 16.0. The van der Waals surface area contributed by atoms with Crippen molar-refractivity contribution in [2.75, 3.05) is 62.3 Å². The summed E-state index contributed by atoms with van der Waals surface area (Å²) < 4.78 is 8.12. The number of para-hydroxylation sites is 1. The van der Waals surface area contributed by atoms with Gasteiger partial charge in [-0.2, -0.15) is 0 Å². The molecule has 4 heterocycles. The molecule has 0 radical (unpaired) electrons. The molecule has 2 amide bonds. The van der Waals surface area contributed by atoms with Gasteiger partial charge in [-0.3, -0.25) is 4.40 Å². The van der Waals surface area contributed by atoms with Crippen molar-refractivity contribution in [2.45, 2.75) is 6.42 Å². The number of piperazine rings is 1. The number of benzene rings is 3. The zero-order chi connectivity index (χ0) is 32.7. The van der Waals surface area contributed by atoms with E-state index < -0.39 is 0 Å². The summed E-state index contributed by atoms with van der Waals surface area (Å²) in [5, 5.41) is 11.1. The maximum atomic E-state index is 12.7. The highest BCUT2D eigenvalue weighted by atomic mass is 32.1. The average Bonchev–Trinajstić information content (AvgIpc) is 3.70. The van der Waals surface area contributed by atoms with Crippen molar-refractivity contribution in [2.24, 2.45) is 0 Å². The molecule has 1 fully saturated rings. The summed E-state index contributed by atoms with van der Waals surface area (Å²) in [5.74, 6) is 1.27. The summed E-state index contributed by atoms with van der Waals surface area (Å²) >= 11 is 1.55. The van der Waals surface area contributed by atoms with E-state index in [9.17, 15) is 4.79 Å². The Morgan fingerprint density at radius 3 is 2.54 bits per heavy atom. The first-order chi connectivity index (χ1) is 23.6. The molecule has 3 N–H and O–H groups in total. The highest BCUT2D eigenvalue weighted by molar-refractivity contribution is 7.15. The van der Waals surface area contributed by atoms with Gasteiger partial charge in [0, 0.05) is 79.2 Å². The first-order valence-corrected chi connectivity index (χ1v) is 16.9. The zero-order valence-corrected chi connectivity index (χ0v) is 27.5. The maximum Gasteiger partial charge on any atom is 0.323 e. The lowest BCUT2D eigenvalue weighted by molar-refractivity contribution is 0.145. The Hall–Kier alpha value is -5.30. The number of likely N-dealkylation sites (N-methyl/N-ethyl adjacent to an activating group) is 1. The molecule has 11 nitrogen and oxygen atoms in total. The van der Waals surface area contributed by atoms with Crippen LogP contribution in [0.25, 0.3) is 27.6 Å². The average molecular weight is 660 g/mol. The number of rotatable bonds is 11. The second-order valence-electron chi connectivity index (χ2n) is 11.7. The Balaban J connectivity index is 1.05. The molecule has 244 valence electrons. The summed E-state index contributed by atoms with van der Waals surface area (Å²) in [4.78, 5) is 32.8. The number of carbonyl (C=O) groups excluding carboxylic acids is 1. The number of nitrogens with one attached hydrogen (secondary N) is 3. The van der Waals surface area contributed by atoms with Gasteiger partial charge in [-0.15, -0.1) is 11.3 Å². The van der Waals surface area contributed by atoms with Gasteiger partial charge in [0.05, 0.1) is 18.0 Å². The topological polar surface area (TPSA) is 112 Å². The van der Waals surface area contributed by atoms with E-state index in [1.54, 1.807) is 17.5 Å². The molecule has 3 aromatic carbocycles. The van der Waals surface area contributed by atoms with E-state index in [1.807, 2.05) is 101 Å². The van der Waals surface area contributed by atoms with Crippen LogP contribution in [0.3, 0.4) is 0 Å². The molecular formula is C36H37N9O2S. The molecular weight excluding hydrogens is 623 g/mol. The number of hydrogen-bond donors (Lipinski definition) is 3. The van der Waals surface area contributed by atoms with E-state index in [-0.39, 0.29) is 6.03 Å². The number of imidazole rings is 1. The predicted molar refractivity (Wildman–Crippen MR) is 192 cm³/mol. The van der Waals surface area contributed by atoms with Crippen LogP contribution in [0.2, 0.25) is 0 Å². The quantitative estimate of drug-likeness (QED) is 0.129. The van der Waals surface area contributed by atoms with Crippen LogP contribution in [-0.2, 0) is 0 Å². The van der Waals surface area contributed by atoms with E-state index in [2.05, 4.69) is 37.8 Å². The van der Waals surface area contributed by atoms with Gasteiger partial charge < -0.3 is 30.5 Å². The Kier molecular flexibility index (Phi) is 9.55. The molecule has 0 spiro atoms. The molecule has 0 atom stereocenters. The smallest absolute Gasteiger partial charge is 0.323 e. The number of anilines is 4. The molecule has 0 aliphatic carbocycles. The van der Waals surface area contributed by atoms with Crippen molar-refractivity contribution in [1.82, 2.24) is 29.2 Å². The minimum Gasteiger partial charge on any atom is -0.493 e. The van der Waals surface area contributed by atoms with Gasteiger partial charge in [0.1, 0.15) is 11.4 Å². The fraction of sp³-hybridized carbons (Fsp3) is 0.222.